The highest BCUT2D eigenvalue weighted by molar-refractivity contribution is 6.07. The smallest absolute Gasteiger partial charge is 0.296 e. The quantitative estimate of drug-likeness (QED) is 0.500. The fourth-order valence-corrected chi connectivity index (χ4v) is 3.93. The van der Waals surface area contributed by atoms with Crippen molar-refractivity contribution in [3.8, 4) is 0 Å². The molecule has 10 heteroatoms. The zero-order valence-corrected chi connectivity index (χ0v) is 19.3. The predicted molar refractivity (Wildman–Crippen MR) is 127 cm³/mol. The topological polar surface area (TPSA) is 102 Å². The number of rotatable bonds is 7. The van der Waals surface area contributed by atoms with Crippen LogP contribution < -0.4 is 16.1 Å². The van der Waals surface area contributed by atoms with E-state index in [-0.39, 0.29) is 22.7 Å². The van der Waals surface area contributed by atoms with Gasteiger partial charge in [0.05, 0.1) is 16.8 Å². The average molecular weight is 465 g/mol. The number of halogens is 1. The number of amides is 1. The van der Waals surface area contributed by atoms with E-state index in [4.69, 9.17) is 0 Å². The van der Waals surface area contributed by atoms with E-state index < -0.39 is 5.95 Å². The Bertz CT molecular complexity index is 1370. The minimum Gasteiger partial charge on any atom is -0.296 e. The molecule has 0 fully saturated rings. The van der Waals surface area contributed by atoms with E-state index in [2.05, 4.69) is 15.0 Å². The van der Waals surface area contributed by atoms with E-state index in [1.165, 1.54) is 21.7 Å². The summed E-state index contributed by atoms with van der Waals surface area (Å²) in [6.45, 7) is 4.73. The first kappa shape index (κ1) is 23.2. The Labute approximate surface area is 195 Å². The molecule has 0 N–H and O–H groups in total. The molecule has 0 bridgehead atoms. The van der Waals surface area contributed by atoms with Crippen molar-refractivity contribution in [3.63, 3.8) is 0 Å². The number of carbonyl (C=O) groups excluding carboxylic acids is 1. The molecule has 9 nitrogen and oxygen atoms in total. The van der Waals surface area contributed by atoms with Crippen molar-refractivity contribution >= 4 is 23.3 Å². The number of anilines is 1. The van der Waals surface area contributed by atoms with Crippen LogP contribution in [0.4, 0.5) is 16.0 Å². The number of aliphatic imine (C=N–C) groups is 1. The van der Waals surface area contributed by atoms with Gasteiger partial charge in [-0.2, -0.15) is 4.39 Å². The standard InChI is InChI=1S/C24H25FN6O3/c1-4-10-30-21-17(23(33)31(11-5-2)24(30)34)12-18(28-21)15-7-9-20(27-13-15)29(3)22(32)16-6-8-19(25)26-14-16/h6-9,13-14H,4-5,10-12H2,1-3H3. The summed E-state index contributed by atoms with van der Waals surface area (Å²) in [5.41, 5.74) is 1.46. The first-order chi connectivity index (χ1) is 16.3. The molecule has 0 saturated carbocycles. The van der Waals surface area contributed by atoms with Crippen LogP contribution in [-0.4, -0.2) is 37.8 Å². The van der Waals surface area contributed by atoms with E-state index in [0.717, 1.165) is 12.5 Å². The lowest BCUT2D eigenvalue weighted by atomic mass is 10.1. The number of pyridine rings is 2. The molecule has 1 aliphatic rings. The minimum absolute atomic E-state index is 0.239. The third-order valence-corrected chi connectivity index (χ3v) is 5.67. The van der Waals surface area contributed by atoms with Crippen molar-refractivity contribution < 1.29 is 9.18 Å². The summed E-state index contributed by atoms with van der Waals surface area (Å²) < 4.78 is 15.9. The first-order valence-corrected chi connectivity index (χ1v) is 11.2. The maximum Gasteiger partial charge on any atom is 0.332 e. The second-order valence-electron chi connectivity index (χ2n) is 8.07. The minimum atomic E-state index is -0.661. The van der Waals surface area contributed by atoms with Crippen LogP contribution in [0, 0.1) is 5.95 Å². The summed E-state index contributed by atoms with van der Waals surface area (Å²) in [7, 11) is 1.57. The molecule has 3 aromatic heterocycles. The van der Waals surface area contributed by atoms with Crippen molar-refractivity contribution in [2.75, 3.05) is 11.9 Å². The molecule has 0 saturated heterocycles. The van der Waals surface area contributed by atoms with Crippen molar-refractivity contribution in [1.82, 2.24) is 19.1 Å². The molecule has 4 heterocycles. The molecular weight excluding hydrogens is 439 g/mol. The summed E-state index contributed by atoms with van der Waals surface area (Å²) in [5, 5.41) is 0. The molecule has 34 heavy (non-hydrogen) atoms. The number of nitrogens with zero attached hydrogens (tertiary/aromatic N) is 6. The summed E-state index contributed by atoms with van der Waals surface area (Å²) in [6.07, 6.45) is 4.48. The van der Waals surface area contributed by atoms with Crippen LogP contribution >= 0.6 is 0 Å². The second-order valence-corrected chi connectivity index (χ2v) is 8.07. The molecule has 0 spiro atoms. The second kappa shape index (κ2) is 9.50. The SMILES string of the molecule is CCCn1c2c(c(=O)n(CCC)c1=O)CC(c1ccc(N(C)C(=O)c3ccc(F)nc3)nc1)=N2. The Kier molecular flexibility index (Phi) is 6.49. The van der Waals surface area contributed by atoms with Gasteiger partial charge in [-0.15, -0.1) is 0 Å². The van der Waals surface area contributed by atoms with Gasteiger partial charge < -0.3 is 0 Å². The van der Waals surface area contributed by atoms with E-state index in [1.54, 1.807) is 29.9 Å². The molecule has 1 amide bonds. The molecule has 0 radical (unpaired) electrons. The number of carbonyl (C=O) groups is 1. The molecule has 3 aromatic rings. The van der Waals surface area contributed by atoms with Crippen LogP contribution in [-0.2, 0) is 19.5 Å². The largest absolute Gasteiger partial charge is 0.332 e. The Hall–Kier alpha value is -3.95. The van der Waals surface area contributed by atoms with Crippen LogP contribution in [0.25, 0.3) is 0 Å². The van der Waals surface area contributed by atoms with E-state index in [0.29, 0.717) is 54.4 Å². The number of aromatic nitrogens is 4. The monoisotopic (exact) mass is 464 g/mol. The van der Waals surface area contributed by atoms with Crippen LogP contribution in [0.3, 0.4) is 0 Å². The first-order valence-electron chi connectivity index (χ1n) is 11.2. The lowest BCUT2D eigenvalue weighted by Gasteiger charge is -2.16. The van der Waals surface area contributed by atoms with Gasteiger partial charge in [0.2, 0.25) is 5.95 Å². The number of fused-ring (bicyclic) bond motifs is 1. The van der Waals surface area contributed by atoms with Crippen molar-refractivity contribution in [2.24, 2.45) is 4.99 Å². The van der Waals surface area contributed by atoms with Crippen molar-refractivity contribution in [3.05, 3.63) is 80.1 Å². The summed E-state index contributed by atoms with van der Waals surface area (Å²) >= 11 is 0. The van der Waals surface area contributed by atoms with Gasteiger partial charge in [-0.3, -0.25) is 23.6 Å². The Morgan fingerprint density at radius 2 is 1.76 bits per heavy atom. The van der Waals surface area contributed by atoms with Crippen molar-refractivity contribution in [2.45, 2.75) is 46.2 Å². The Balaban J connectivity index is 1.63. The maximum absolute atomic E-state index is 13.0. The number of hydrogen-bond acceptors (Lipinski definition) is 6. The van der Waals surface area contributed by atoms with Gasteiger partial charge >= 0.3 is 5.69 Å². The summed E-state index contributed by atoms with van der Waals surface area (Å²) in [4.78, 5) is 52.3. The maximum atomic E-state index is 13.0. The molecule has 0 unspecified atom stereocenters. The zero-order valence-electron chi connectivity index (χ0n) is 19.3. The fraction of sp³-hybridized carbons (Fsp3) is 0.333. The lowest BCUT2D eigenvalue weighted by molar-refractivity contribution is 0.0992. The highest BCUT2D eigenvalue weighted by Gasteiger charge is 2.26. The van der Waals surface area contributed by atoms with Gasteiger partial charge in [0.15, 0.2) is 0 Å². The van der Waals surface area contributed by atoms with Gasteiger partial charge in [-0.05, 0) is 37.1 Å². The predicted octanol–water partition coefficient (Wildman–Crippen LogP) is 2.71. The van der Waals surface area contributed by atoms with Gasteiger partial charge in [-0.25, -0.2) is 19.8 Å². The highest BCUT2D eigenvalue weighted by Crippen LogP contribution is 2.26. The van der Waals surface area contributed by atoms with E-state index in [1.807, 2.05) is 13.8 Å². The van der Waals surface area contributed by atoms with E-state index in [9.17, 15) is 18.8 Å². The molecular formula is C24H25FN6O3. The van der Waals surface area contributed by atoms with Gasteiger partial charge in [0.1, 0.15) is 11.6 Å². The Morgan fingerprint density at radius 3 is 2.38 bits per heavy atom. The molecule has 176 valence electrons. The lowest BCUT2D eigenvalue weighted by Crippen LogP contribution is -2.41. The third kappa shape index (κ3) is 4.18. The average Bonchev–Trinajstić information content (AvgIpc) is 3.30. The normalized spacial score (nSPS) is 12.4. The van der Waals surface area contributed by atoms with Crippen LogP contribution in [0.1, 0.15) is 48.2 Å². The van der Waals surface area contributed by atoms with Crippen LogP contribution in [0.5, 0.6) is 0 Å². The summed E-state index contributed by atoms with van der Waals surface area (Å²) in [5.74, 6) is -0.231. The van der Waals surface area contributed by atoms with Gasteiger partial charge in [0, 0.05) is 44.5 Å². The van der Waals surface area contributed by atoms with Crippen LogP contribution in [0.2, 0.25) is 0 Å². The molecule has 1 aliphatic heterocycles. The molecule has 0 aliphatic carbocycles. The van der Waals surface area contributed by atoms with Crippen LogP contribution in [0.15, 0.2) is 51.2 Å². The van der Waals surface area contributed by atoms with E-state index >= 15 is 0 Å². The highest BCUT2D eigenvalue weighted by atomic mass is 19.1. The van der Waals surface area contributed by atoms with Gasteiger partial charge in [0.25, 0.3) is 11.5 Å². The Morgan fingerprint density at radius 1 is 1.03 bits per heavy atom. The zero-order chi connectivity index (χ0) is 24.4. The fourth-order valence-electron chi connectivity index (χ4n) is 3.93. The van der Waals surface area contributed by atoms with Gasteiger partial charge in [-0.1, -0.05) is 13.8 Å². The molecule has 0 atom stereocenters. The summed E-state index contributed by atoms with van der Waals surface area (Å²) in [6, 6.07) is 5.93. The molecule has 4 rings (SSSR count). The molecule has 0 aromatic carbocycles. The number of hydrogen-bond donors (Lipinski definition) is 0. The third-order valence-electron chi connectivity index (χ3n) is 5.67. The van der Waals surface area contributed by atoms with Crippen molar-refractivity contribution in [1.29, 1.82) is 0 Å².